The Morgan fingerprint density at radius 2 is 2.00 bits per heavy atom. The monoisotopic (exact) mass is 233 g/mol. The summed E-state index contributed by atoms with van der Waals surface area (Å²) in [5, 5.41) is 0. The molecule has 2 aromatic rings. The molecule has 0 bridgehead atoms. The maximum absolute atomic E-state index is 4.30. The predicted molar refractivity (Wildman–Crippen MR) is 72.1 cm³/mol. The maximum Gasteiger partial charge on any atom is 0.0812 e. The highest BCUT2D eigenvalue weighted by atomic mass is 32.1. The SMILES string of the molecule is CCCCCCCc1ccc2ncsc2c1. The van der Waals surface area contributed by atoms with E-state index in [1.165, 1.54) is 48.8 Å². The van der Waals surface area contributed by atoms with Crippen molar-refractivity contribution in [2.24, 2.45) is 0 Å². The summed E-state index contributed by atoms with van der Waals surface area (Å²) in [4.78, 5) is 4.30. The molecule has 0 fully saturated rings. The van der Waals surface area contributed by atoms with Gasteiger partial charge in [0.2, 0.25) is 0 Å². The minimum absolute atomic E-state index is 1.14. The van der Waals surface area contributed by atoms with Gasteiger partial charge in [0.05, 0.1) is 15.7 Å². The van der Waals surface area contributed by atoms with Crippen molar-refractivity contribution in [2.45, 2.75) is 45.4 Å². The maximum atomic E-state index is 4.30. The van der Waals surface area contributed by atoms with Gasteiger partial charge in [0.25, 0.3) is 0 Å². The van der Waals surface area contributed by atoms with Crippen molar-refractivity contribution in [2.75, 3.05) is 0 Å². The molecule has 0 radical (unpaired) electrons. The molecule has 1 nitrogen and oxygen atoms in total. The number of fused-ring (bicyclic) bond motifs is 1. The van der Waals surface area contributed by atoms with Crippen LogP contribution in [0.5, 0.6) is 0 Å². The van der Waals surface area contributed by atoms with Crippen LogP contribution in [0.25, 0.3) is 10.2 Å². The van der Waals surface area contributed by atoms with E-state index in [2.05, 4.69) is 30.1 Å². The summed E-state index contributed by atoms with van der Waals surface area (Å²) in [6.45, 7) is 2.26. The number of benzene rings is 1. The van der Waals surface area contributed by atoms with Crippen LogP contribution in [0, 0.1) is 0 Å². The van der Waals surface area contributed by atoms with Gasteiger partial charge in [-0.2, -0.15) is 0 Å². The van der Waals surface area contributed by atoms with Crippen LogP contribution in [-0.4, -0.2) is 4.98 Å². The molecule has 2 heteroatoms. The van der Waals surface area contributed by atoms with Crippen LogP contribution in [0.3, 0.4) is 0 Å². The molecule has 0 aliphatic carbocycles. The van der Waals surface area contributed by atoms with E-state index in [1.54, 1.807) is 11.3 Å². The van der Waals surface area contributed by atoms with Crippen molar-refractivity contribution >= 4 is 21.6 Å². The highest BCUT2D eigenvalue weighted by molar-refractivity contribution is 7.16. The van der Waals surface area contributed by atoms with E-state index in [4.69, 9.17) is 0 Å². The van der Waals surface area contributed by atoms with Crippen molar-refractivity contribution in [1.29, 1.82) is 0 Å². The smallest absolute Gasteiger partial charge is 0.0812 e. The summed E-state index contributed by atoms with van der Waals surface area (Å²) in [5.74, 6) is 0. The summed E-state index contributed by atoms with van der Waals surface area (Å²) in [5.41, 5.74) is 4.53. The molecule has 1 aromatic carbocycles. The largest absolute Gasteiger partial charge is 0.245 e. The second-order valence-electron chi connectivity index (χ2n) is 4.32. The van der Waals surface area contributed by atoms with Crippen LogP contribution in [0.4, 0.5) is 0 Å². The Morgan fingerprint density at radius 1 is 1.12 bits per heavy atom. The van der Waals surface area contributed by atoms with Gasteiger partial charge >= 0.3 is 0 Å². The number of nitrogens with zero attached hydrogens (tertiary/aromatic N) is 1. The first-order valence-corrected chi connectivity index (χ1v) is 7.10. The Bertz CT molecular complexity index is 433. The second kappa shape index (κ2) is 6.00. The lowest BCUT2D eigenvalue weighted by Gasteiger charge is -2.01. The zero-order valence-corrected chi connectivity index (χ0v) is 10.7. The van der Waals surface area contributed by atoms with Crippen LogP contribution < -0.4 is 0 Å². The van der Waals surface area contributed by atoms with E-state index >= 15 is 0 Å². The standard InChI is InChI=1S/C14H19NS/c1-2-3-4-5-6-7-12-8-9-13-14(10-12)16-11-15-13/h8-11H,2-7H2,1H3. The minimum atomic E-state index is 1.14. The van der Waals surface area contributed by atoms with Crippen molar-refractivity contribution in [3.8, 4) is 0 Å². The van der Waals surface area contributed by atoms with Crippen LogP contribution >= 0.6 is 11.3 Å². The molecule has 2 rings (SSSR count). The number of hydrogen-bond acceptors (Lipinski definition) is 2. The van der Waals surface area contributed by atoms with E-state index in [0.29, 0.717) is 0 Å². The number of thiazole rings is 1. The molecule has 0 atom stereocenters. The third-order valence-electron chi connectivity index (χ3n) is 2.96. The minimum Gasteiger partial charge on any atom is -0.245 e. The molecule has 0 N–H and O–H groups in total. The van der Waals surface area contributed by atoms with E-state index in [-0.39, 0.29) is 0 Å². The fourth-order valence-electron chi connectivity index (χ4n) is 1.99. The molecule has 1 heterocycles. The molecule has 0 aliphatic rings. The first kappa shape index (κ1) is 11.6. The van der Waals surface area contributed by atoms with Gasteiger partial charge in [0.1, 0.15) is 0 Å². The summed E-state index contributed by atoms with van der Waals surface area (Å²) in [7, 11) is 0. The zero-order valence-electron chi connectivity index (χ0n) is 9.91. The van der Waals surface area contributed by atoms with Crippen LogP contribution in [0.1, 0.15) is 44.6 Å². The molecular weight excluding hydrogens is 214 g/mol. The third kappa shape index (κ3) is 3.05. The van der Waals surface area contributed by atoms with Gasteiger partial charge in [0, 0.05) is 0 Å². The van der Waals surface area contributed by atoms with E-state index in [1.807, 2.05) is 5.51 Å². The van der Waals surface area contributed by atoms with E-state index in [9.17, 15) is 0 Å². The molecule has 16 heavy (non-hydrogen) atoms. The lowest BCUT2D eigenvalue weighted by Crippen LogP contribution is -1.85. The van der Waals surface area contributed by atoms with Crippen molar-refractivity contribution in [3.63, 3.8) is 0 Å². The number of aromatic nitrogens is 1. The first-order chi connectivity index (χ1) is 7.90. The van der Waals surface area contributed by atoms with Crippen LogP contribution in [0.2, 0.25) is 0 Å². The van der Waals surface area contributed by atoms with Gasteiger partial charge < -0.3 is 0 Å². The fourth-order valence-corrected chi connectivity index (χ4v) is 2.73. The molecular formula is C14H19NS. The molecule has 0 amide bonds. The lowest BCUT2D eigenvalue weighted by molar-refractivity contribution is 0.632. The van der Waals surface area contributed by atoms with Gasteiger partial charge in [-0.3, -0.25) is 0 Å². The van der Waals surface area contributed by atoms with Gasteiger partial charge in [-0.15, -0.1) is 11.3 Å². The number of unbranched alkanes of at least 4 members (excludes halogenated alkanes) is 4. The highest BCUT2D eigenvalue weighted by Gasteiger charge is 1.98. The highest BCUT2D eigenvalue weighted by Crippen LogP contribution is 2.20. The van der Waals surface area contributed by atoms with Crippen molar-refractivity contribution in [3.05, 3.63) is 29.3 Å². The molecule has 0 spiro atoms. The molecule has 1 aromatic heterocycles. The van der Waals surface area contributed by atoms with E-state index < -0.39 is 0 Å². The van der Waals surface area contributed by atoms with E-state index in [0.717, 1.165) is 5.52 Å². The quantitative estimate of drug-likeness (QED) is 0.652. The predicted octanol–water partition coefficient (Wildman–Crippen LogP) is 4.81. The average molecular weight is 233 g/mol. The lowest BCUT2D eigenvalue weighted by atomic mass is 10.1. The van der Waals surface area contributed by atoms with Crippen molar-refractivity contribution in [1.82, 2.24) is 4.98 Å². The first-order valence-electron chi connectivity index (χ1n) is 6.22. The van der Waals surface area contributed by atoms with Gasteiger partial charge in [0.15, 0.2) is 0 Å². The average Bonchev–Trinajstić information content (AvgIpc) is 2.76. The van der Waals surface area contributed by atoms with Gasteiger partial charge in [-0.25, -0.2) is 4.98 Å². The molecule has 0 saturated carbocycles. The molecule has 0 unspecified atom stereocenters. The topological polar surface area (TPSA) is 12.9 Å². The number of aryl methyl sites for hydroxylation is 1. The van der Waals surface area contributed by atoms with Gasteiger partial charge in [-0.1, -0.05) is 38.7 Å². The second-order valence-corrected chi connectivity index (χ2v) is 5.20. The number of hydrogen-bond donors (Lipinski definition) is 0. The van der Waals surface area contributed by atoms with Crippen LogP contribution in [-0.2, 0) is 6.42 Å². The Labute approximate surface area is 102 Å². The molecule has 86 valence electrons. The summed E-state index contributed by atoms with van der Waals surface area (Å²) in [6, 6.07) is 6.67. The van der Waals surface area contributed by atoms with Crippen LogP contribution in [0.15, 0.2) is 23.7 Å². The van der Waals surface area contributed by atoms with Gasteiger partial charge in [-0.05, 0) is 30.5 Å². The molecule has 0 aliphatic heterocycles. The summed E-state index contributed by atoms with van der Waals surface area (Å²) >= 11 is 1.74. The Balaban J connectivity index is 1.84. The van der Waals surface area contributed by atoms with Crippen molar-refractivity contribution < 1.29 is 0 Å². The normalized spacial score (nSPS) is 11.1. The fraction of sp³-hybridized carbons (Fsp3) is 0.500. The number of rotatable bonds is 6. The third-order valence-corrected chi connectivity index (χ3v) is 3.76. The Hall–Kier alpha value is -0.890. The summed E-state index contributed by atoms with van der Waals surface area (Å²) < 4.78 is 1.33. The zero-order chi connectivity index (χ0) is 11.2. The molecule has 0 saturated heterocycles. The Morgan fingerprint density at radius 3 is 2.88 bits per heavy atom. The Kier molecular flexibility index (Phi) is 4.34. The summed E-state index contributed by atoms with van der Waals surface area (Å²) in [6.07, 6.45) is 8.01.